The molecule has 18 aromatic carbocycles. The van der Waals surface area contributed by atoms with Crippen molar-refractivity contribution in [3.8, 4) is 153 Å². The highest BCUT2D eigenvalue weighted by atomic mass is 19.4. The van der Waals surface area contributed by atoms with E-state index in [1.165, 1.54) is 36.4 Å². The minimum Gasteiger partial charge on any atom is -0.255 e. The Labute approximate surface area is 847 Å². The maximum atomic E-state index is 15.5. The van der Waals surface area contributed by atoms with Crippen molar-refractivity contribution in [2.45, 2.75) is 12.4 Å². The molecule has 0 aliphatic carbocycles. The summed E-state index contributed by atoms with van der Waals surface area (Å²) in [6.45, 7) is 24.6. The molecule has 0 atom stereocenters. The van der Waals surface area contributed by atoms with Crippen LogP contribution in [0.1, 0.15) is 27.8 Å². The van der Waals surface area contributed by atoms with E-state index in [1.807, 2.05) is 261 Å². The SMILES string of the molecule is [C-]#[N+]c1cc2c(-c3ccccc3-c3c(F)c(F)c(C#N)c(F)c3F)nc3ccccc3c2c2nc(-c3ccccc3)c(-c3ccccc3)nc12.[C-]#[N+]c1cc2c(-c3ccccc3-c3cc(C#N)cc(C#N)c3)nc3ccccc3c2c2nc(-c3ccccc3)c(-c3ccccc3)nc12.[C-]#[N+]c1cc2c(-c3ccccc3-c3cc(C(F)(F)F)cc(C(F)(F)F)c3)nc3ccccc3c2c2nc(-c3ccccc3)c(-c3ccccc3)nc12. The lowest BCUT2D eigenvalue weighted by Gasteiger charge is -2.18. The highest BCUT2D eigenvalue weighted by Crippen LogP contribution is 2.52. The molecule has 0 unspecified atom stereocenters. The van der Waals surface area contributed by atoms with Gasteiger partial charge in [0.25, 0.3) is 0 Å². The molecule has 24 rings (SSSR count). The second-order valence-corrected chi connectivity index (χ2v) is 34.8. The molecule has 24 aromatic rings. The second-order valence-electron chi connectivity index (χ2n) is 34.8. The number of hydrogen-bond acceptors (Lipinski definition) is 12. The highest BCUT2D eigenvalue weighted by molar-refractivity contribution is 6.27. The Morgan fingerprint density at radius 3 is 0.740 bits per heavy atom. The zero-order valence-corrected chi connectivity index (χ0v) is 77.9. The predicted octanol–water partition coefficient (Wildman–Crippen LogP) is 33.9. The van der Waals surface area contributed by atoms with Crippen molar-refractivity contribution in [3.05, 3.63) is 468 Å². The van der Waals surface area contributed by atoms with E-state index in [9.17, 15) is 45.6 Å². The van der Waals surface area contributed by atoms with E-state index < -0.39 is 57.9 Å². The van der Waals surface area contributed by atoms with Gasteiger partial charge in [0, 0.05) is 98.5 Å². The predicted molar refractivity (Wildman–Crippen MR) is 565 cm³/mol. The van der Waals surface area contributed by atoms with Gasteiger partial charge in [-0.15, -0.1) is 0 Å². The van der Waals surface area contributed by atoms with E-state index in [-0.39, 0.29) is 56.6 Å². The third kappa shape index (κ3) is 17.0. The van der Waals surface area contributed by atoms with Crippen LogP contribution in [0.15, 0.2) is 382 Å². The second kappa shape index (κ2) is 38.8. The summed E-state index contributed by atoms with van der Waals surface area (Å²) in [6, 6.07) is 118. The molecule has 6 aromatic heterocycles. The van der Waals surface area contributed by atoms with E-state index in [1.54, 1.807) is 72.8 Å². The van der Waals surface area contributed by atoms with Crippen LogP contribution < -0.4 is 0 Å². The molecular weight excluding hydrogens is 1900 g/mol. The molecule has 6 heterocycles. The Kier molecular flexibility index (Phi) is 24.4. The Bertz CT molecular complexity index is 9910. The lowest BCUT2D eigenvalue weighted by molar-refractivity contribution is -0.143. The van der Waals surface area contributed by atoms with Gasteiger partial charge in [-0.05, 0) is 101 Å². The van der Waals surface area contributed by atoms with E-state index in [4.69, 9.17) is 69.8 Å². The monoisotopic (exact) mass is 1960 g/mol. The molecule has 0 amide bonds. The summed E-state index contributed by atoms with van der Waals surface area (Å²) in [5.41, 5.74) is 12.9. The van der Waals surface area contributed by atoms with Gasteiger partial charge in [-0.25, -0.2) is 62.0 Å². The van der Waals surface area contributed by atoms with Crippen LogP contribution in [-0.2, 0) is 12.4 Å². The number of nitriles is 3. The fourth-order valence-electron chi connectivity index (χ4n) is 19.3. The number of para-hydroxylation sites is 3. The fourth-order valence-corrected chi connectivity index (χ4v) is 19.3. The maximum absolute atomic E-state index is 15.5. The number of halogens is 10. The summed E-state index contributed by atoms with van der Waals surface area (Å²) in [6.07, 6.45) is -10.1. The van der Waals surface area contributed by atoms with E-state index in [2.05, 4.69) is 26.7 Å². The normalized spacial score (nSPS) is 11.4. The van der Waals surface area contributed by atoms with Crippen LogP contribution in [-0.4, -0.2) is 44.9 Å². The molecule has 0 aliphatic rings. The number of nitrogens with zero attached hydrogens (tertiary/aromatic N) is 15. The van der Waals surface area contributed by atoms with Crippen LogP contribution in [0.2, 0.25) is 0 Å². The Morgan fingerprint density at radius 2 is 0.467 bits per heavy atom. The third-order valence-electron chi connectivity index (χ3n) is 26.0. The molecule has 0 spiro atoms. The Morgan fingerprint density at radius 1 is 0.220 bits per heavy atom. The average molecular weight is 1960 g/mol. The van der Waals surface area contributed by atoms with Crippen molar-refractivity contribution in [3.63, 3.8) is 0 Å². The lowest BCUT2D eigenvalue weighted by atomic mass is 9.91. The first-order valence-corrected chi connectivity index (χ1v) is 46.6. The molecule has 0 bridgehead atoms. The molecule has 0 saturated heterocycles. The number of pyridine rings is 3. The van der Waals surface area contributed by atoms with Gasteiger partial charge < -0.3 is 0 Å². The van der Waals surface area contributed by atoms with E-state index >= 15 is 8.78 Å². The topological polar surface area (TPSA) is 200 Å². The first kappa shape index (κ1) is 94.2. The Balaban J connectivity index is 0.000000127. The van der Waals surface area contributed by atoms with Crippen molar-refractivity contribution in [2.75, 3.05) is 0 Å². The molecule has 0 N–H and O–H groups in total. The third-order valence-corrected chi connectivity index (χ3v) is 26.0. The van der Waals surface area contributed by atoms with Crippen LogP contribution in [0.3, 0.4) is 0 Å². The summed E-state index contributed by atoms with van der Waals surface area (Å²) in [5, 5.41) is 34.5. The molecular formula is C125H63F10N15. The van der Waals surface area contributed by atoms with Crippen LogP contribution in [0, 0.1) is 77.0 Å². The van der Waals surface area contributed by atoms with Crippen molar-refractivity contribution >= 4 is 115 Å². The van der Waals surface area contributed by atoms with Gasteiger partial charge in [-0.1, -0.05) is 309 Å². The lowest BCUT2D eigenvalue weighted by Crippen LogP contribution is -2.11. The number of alkyl halides is 6. The van der Waals surface area contributed by atoms with Gasteiger partial charge >= 0.3 is 12.4 Å². The first-order valence-electron chi connectivity index (χ1n) is 46.6. The van der Waals surface area contributed by atoms with Crippen molar-refractivity contribution in [1.82, 2.24) is 44.9 Å². The van der Waals surface area contributed by atoms with E-state index in [0.717, 1.165) is 77.4 Å². The quantitative estimate of drug-likeness (QED) is 0.0486. The van der Waals surface area contributed by atoms with Gasteiger partial charge in [0.05, 0.1) is 161 Å². The zero-order chi connectivity index (χ0) is 103. The summed E-state index contributed by atoms with van der Waals surface area (Å²) in [5.74, 6) is -7.02. The standard InChI is InChI=1S/C42H22F6N4.C42H22N6.C41H19F4N5/c1-49-34-23-32-35(40-39(34)51-36(24-12-4-2-5-13-24)37(52-40)25-14-6-3-7-15-25)31-18-10-11-19-33(31)50-38(32)30-17-9-8-16-29(30)26-20-27(41(43,44)45)22-28(21-26)42(46,47)48;1-45-36-23-34-37(42-41(36)47-38(28-12-4-2-5-13-28)39(48-42)29-14-6-3-7-15-29)33-18-10-11-19-35(33)46-40(34)32-17-9-8-16-31(32)30-21-26(24-43)20-27(22-30)25-44;1-47-30-20-27-31(41-40(30)49-37(22-12-4-2-5-13-22)38(50-41)23-14-6-3-7-15-23)26-18-10-11-19-29(26)48-39(27)25-17-9-8-16-24(25)32-35(44)33(42)28(21-46)34(43)36(32)45/h2-23H;2-23H;2-20H. The molecule has 25 heteroatoms. The number of aromatic nitrogens is 9. The van der Waals surface area contributed by atoms with E-state index in [0.29, 0.717) is 140 Å². The molecule has 708 valence electrons. The van der Waals surface area contributed by atoms with Gasteiger partial charge in [-0.3, -0.25) is 15.0 Å². The highest BCUT2D eigenvalue weighted by Gasteiger charge is 2.39. The first-order chi connectivity index (χ1) is 73.1. The molecule has 0 fully saturated rings. The molecule has 0 radical (unpaired) electrons. The van der Waals surface area contributed by atoms with Crippen LogP contribution in [0.5, 0.6) is 0 Å². The van der Waals surface area contributed by atoms with Gasteiger partial charge in [-0.2, -0.15) is 42.1 Å². The smallest absolute Gasteiger partial charge is 0.255 e. The summed E-state index contributed by atoms with van der Waals surface area (Å²) in [4.78, 5) is 57.8. The van der Waals surface area contributed by atoms with Crippen LogP contribution in [0.4, 0.5) is 61.0 Å². The minimum absolute atomic E-state index is 0.100. The molecule has 15 nitrogen and oxygen atoms in total. The summed E-state index contributed by atoms with van der Waals surface area (Å²) in [7, 11) is 0. The molecule has 0 aliphatic heterocycles. The van der Waals surface area contributed by atoms with Crippen LogP contribution in [0.25, 0.3) is 247 Å². The largest absolute Gasteiger partial charge is 0.416 e. The van der Waals surface area contributed by atoms with Gasteiger partial charge in [0.2, 0.25) is 17.1 Å². The molecule has 0 saturated carbocycles. The molecule has 150 heavy (non-hydrogen) atoms. The minimum atomic E-state index is -5.03. The van der Waals surface area contributed by atoms with Gasteiger partial charge in [0.15, 0.2) is 23.3 Å². The Hall–Kier alpha value is -20.8. The van der Waals surface area contributed by atoms with Crippen LogP contribution >= 0.6 is 0 Å². The summed E-state index contributed by atoms with van der Waals surface area (Å²) < 4.78 is 145. The number of benzene rings is 18. The number of hydrogen-bond donors (Lipinski definition) is 0. The van der Waals surface area contributed by atoms with Crippen molar-refractivity contribution in [2.24, 2.45) is 0 Å². The zero-order valence-electron chi connectivity index (χ0n) is 77.9. The van der Waals surface area contributed by atoms with Crippen molar-refractivity contribution < 1.29 is 43.9 Å². The summed E-state index contributed by atoms with van der Waals surface area (Å²) >= 11 is 0. The maximum Gasteiger partial charge on any atom is 0.416 e. The van der Waals surface area contributed by atoms with Gasteiger partial charge in [0.1, 0.15) is 11.6 Å². The number of rotatable bonds is 12. The fraction of sp³-hybridized carbons (Fsp3) is 0.0160. The van der Waals surface area contributed by atoms with Crippen molar-refractivity contribution in [1.29, 1.82) is 15.8 Å². The average Bonchev–Trinajstić information content (AvgIpc) is 0.724. The number of fused-ring (bicyclic) bond motifs is 15.